The Hall–Kier alpha value is -1.46. The summed E-state index contributed by atoms with van der Waals surface area (Å²) in [5.41, 5.74) is 1.13. The maximum Gasteiger partial charge on any atom is 0.118 e. The maximum atomic E-state index is 5.46. The average molecular weight is 204 g/mol. The fourth-order valence-corrected chi connectivity index (χ4v) is 1.12. The molecule has 2 nitrogen and oxygen atoms in total. The van der Waals surface area contributed by atoms with Crippen molar-refractivity contribution < 1.29 is 9.47 Å². The van der Waals surface area contributed by atoms with Gasteiger partial charge in [0.1, 0.15) is 5.75 Å². The largest absolute Gasteiger partial charge is 0.497 e. The van der Waals surface area contributed by atoms with E-state index in [0.29, 0.717) is 13.2 Å². The van der Waals surface area contributed by atoms with Crippen LogP contribution in [0.5, 0.6) is 5.75 Å². The van der Waals surface area contributed by atoms with Crippen LogP contribution in [-0.4, -0.2) is 13.7 Å². The zero-order chi connectivity index (χ0) is 11.1. The zero-order valence-electron chi connectivity index (χ0n) is 9.19. The summed E-state index contributed by atoms with van der Waals surface area (Å²) in [5, 5.41) is 0. The van der Waals surface area contributed by atoms with Gasteiger partial charge in [0.25, 0.3) is 0 Å². The predicted octanol–water partition coefficient (Wildman–Crippen LogP) is 2.48. The van der Waals surface area contributed by atoms with Gasteiger partial charge in [0.15, 0.2) is 0 Å². The molecule has 0 amide bonds. The SMILES string of the molecule is C#C[C@H](C)COCc1ccc(OC)cc1. The third-order valence-corrected chi connectivity index (χ3v) is 2.08. The van der Waals surface area contributed by atoms with Crippen molar-refractivity contribution in [2.24, 2.45) is 5.92 Å². The molecule has 0 heterocycles. The van der Waals surface area contributed by atoms with Gasteiger partial charge in [-0.1, -0.05) is 12.1 Å². The van der Waals surface area contributed by atoms with E-state index in [1.54, 1.807) is 7.11 Å². The number of hydrogen-bond donors (Lipinski definition) is 0. The minimum absolute atomic E-state index is 0.170. The number of hydrogen-bond acceptors (Lipinski definition) is 2. The first kappa shape index (κ1) is 11.6. The van der Waals surface area contributed by atoms with Crippen LogP contribution < -0.4 is 4.74 Å². The zero-order valence-corrected chi connectivity index (χ0v) is 9.19. The van der Waals surface area contributed by atoms with Crippen molar-refractivity contribution >= 4 is 0 Å². The molecule has 0 aliphatic carbocycles. The fourth-order valence-electron chi connectivity index (χ4n) is 1.12. The molecule has 0 unspecified atom stereocenters. The molecule has 0 fully saturated rings. The topological polar surface area (TPSA) is 18.5 Å². The van der Waals surface area contributed by atoms with Crippen LogP contribution in [-0.2, 0) is 11.3 Å². The Bertz CT molecular complexity index is 321. The molecule has 0 saturated carbocycles. The molecular weight excluding hydrogens is 188 g/mol. The minimum atomic E-state index is 0.170. The molecule has 0 N–H and O–H groups in total. The molecule has 1 rings (SSSR count). The van der Waals surface area contributed by atoms with Crippen molar-refractivity contribution in [2.45, 2.75) is 13.5 Å². The summed E-state index contributed by atoms with van der Waals surface area (Å²) in [7, 11) is 1.65. The summed E-state index contributed by atoms with van der Waals surface area (Å²) in [6.07, 6.45) is 5.24. The highest BCUT2D eigenvalue weighted by Gasteiger charge is 1.98. The van der Waals surface area contributed by atoms with Gasteiger partial charge in [-0.2, -0.15) is 0 Å². The third kappa shape index (κ3) is 4.05. The monoisotopic (exact) mass is 204 g/mol. The molecule has 1 atom stereocenters. The second-order valence-electron chi connectivity index (χ2n) is 3.43. The van der Waals surface area contributed by atoms with Crippen LogP contribution >= 0.6 is 0 Å². The van der Waals surface area contributed by atoms with Gasteiger partial charge < -0.3 is 9.47 Å². The molecule has 0 aliphatic heterocycles. The summed E-state index contributed by atoms with van der Waals surface area (Å²) in [5.74, 6) is 3.65. The molecule has 0 aliphatic rings. The quantitative estimate of drug-likeness (QED) is 0.686. The van der Waals surface area contributed by atoms with Gasteiger partial charge in [0.2, 0.25) is 0 Å². The molecule has 0 bridgehead atoms. The Labute approximate surface area is 91.2 Å². The van der Waals surface area contributed by atoms with Gasteiger partial charge in [0, 0.05) is 5.92 Å². The van der Waals surface area contributed by atoms with Crippen LogP contribution in [0.4, 0.5) is 0 Å². The number of terminal acetylenes is 1. The Balaban J connectivity index is 2.35. The van der Waals surface area contributed by atoms with Crippen molar-refractivity contribution in [1.29, 1.82) is 0 Å². The van der Waals surface area contributed by atoms with Crippen molar-refractivity contribution in [1.82, 2.24) is 0 Å². The Kier molecular flexibility index (Phi) is 4.73. The number of ether oxygens (including phenoxy) is 2. The van der Waals surface area contributed by atoms with E-state index in [9.17, 15) is 0 Å². The van der Waals surface area contributed by atoms with Gasteiger partial charge in [-0.15, -0.1) is 12.3 Å². The summed E-state index contributed by atoms with van der Waals surface area (Å²) in [6.45, 7) is 3.16. The van der Waals surface area contributed by atoms with E-state index in [4.69, 9.17) is 15.9 Å². The van der Waals surface area contributed by atoms with E-state index in [1.807, 2.05) is 31.2 Å². The Morgan fingerprint density at radius 3 is 2.53 bits per heavy atom. The molecule has 0 aromatic heterocycles. The van der Waals surface area contributed by atoms with Crippen LogP contribution in [0.3, 0.4) is 0 Å². The summed E-state index contributed by atoms with van der Waals surface area (Å²) >= 11 is 0. The van der Waals surface area contributed by atoms with E-state index >= 15 is 0 Å². The molecule has 0 radical (unpaired) electrons. The molecule has 15 heavy (non-hydrogen) atoms. The van der Waals surface area contributed by atoms with E-state index < -0.39 is 0 Å². The van der Waals surface area contributed by atoms with Gasteiger partial charge in [0.05, 0.1) is 20.3 Å². The van der Waals surface area contributed by atoms with E-state index in [1.165, 1.54) is 0 Å². The van der Waals surface area contributed by atoms with Crippen molar-refractivity contribution in [2.75, 3.05) is 13.7 Å². The van der Waals surface area contributed by atoms with Crippen LogP contribution in [0.1, 0.15) is 12.5 Å². The lowest BCUT2D eigenvalue weighted by Crippen LogP contribution is -2.03. The lowest BCUT2D eigenvalue weighted by molar-refractivity contribution is 0.106. The normalized spacial score (nSPS) is 11.8. The summed E-state index contributed by atoms with van der Waals surface area (Å²) < 4.78 is 10.5. The Morgan fingerprint density at radius 1 is 1.33 bits per heavy atom. The molecule has 2 heteroatoms. The van der Waals surface area contributed by atoms with Crippen LogP contribution in [0.15, 0.2) is 24.3 Å². The van der Waals surface area contributed by atoms with Crippen LogP contribution in [0.2, 0.25) is 0 Å². The lowest BCUT2D eigenvalue weighted by Gasteiger charge is -2.06. The molecule has 80 valence electrons. The number of rotatable bonds is 5. The summed E-state index contributed by atoms with van der Waals surface area (Å²) in [6, 6.07) is 7.81. The molecular formula is C13H16O2. The molecule has 1 aromatic rings. The fraction of sp³-hybridized carbons (Fsp3) is 0.385. The van der Waals surface area contributed by atoms with Crippen molar-refractivity contribution in [3.63, 3.8) is 0 Å². The standard InChI is InChI=1S/C13H16O2/c1-4-11(2)9-15-10-12-5-7-13(14-3)8-6-12/h1,5-8,11H,9-10H2,2-3H3/t11-/m0/s1. The lowest BCUT2D eigenvalue weighted by atomic mass is 10.2. The molecule has 0 saturated heterocycles. The van der Waals surface area contributed by atoms with E-state index in [0.717, 1.165) is 11.3 Å². The third-order valence-electron chi connectivity index (χ3n) is 2.08. The van der Waals surface area contributed by atoms with Crippen molar-refractivity contribution in [3.05, 3.63) is 29.8 Å². The predicted molar refractivity (Wildman–Crippen MR) is 60.6 cm³/mol. The first-order valence-electron chi connectivity index (χ1n) is 4.93. The highest BCUT2D eigenvalue weighted by molar-refractivity contribution is 5.26. The van der Waals surface area contributed by atoms with E-state index in [2.05, 4.69) is 5.92 Å². The van der Waals surface area contributed by atoms with Crippen LogP contribution in [0, 0.1) is 18.3 Å². The maximum absolute atomic E-state index is 5.46. The summed E-state index contributed by atoms with van der Waals surface area (Å²) in [4.78, 5) is 0. The van der Waals surface area contributed by atoms with Gasteiger partial charge >= 0.3 is 0 Å². The van der Waals surface area contributed by atoms with Crippen molar-refractivity contribution in [3.8, 4) is 18.1 Å². The van der Waals surface area contributed by atoms with Crippen LogP contribution in [0.25, 0.3) is 0 Å². The number of methoxy groups -OCH3 is 1. The van der Waals surface area contributed by atoms with E-state index in [-0.39, 0.29) is 5.92 Å². The first-order valence-corrected chi connectivity index (χ1v) is 4.93. The molecule has 1 aromatic carbocycles. The second kappa shape index (κ2) is 6.10. The smallest absolute Gasteiger partial charge is 0.118 e. The van der Waals surface area contributed by atoms with Gasteiger partial charge in [-0.25, -0.2) is 0 Å². The van der Waals surface area contributed by atoms with Gasteiger partial charge in [-0.05, 0) is 24.6 Å². The van der Waals surface area contributed by atoms with Gasteiger partial charge in [-0.3, -0.25) is 0 Å². The Morgan fingerprint density at radius 2 is 2.00 bits per heavy atom. The molecule has 0 spiro atoms. The first-order chi connectivity index (χ1) is 7.26. The average Bonchev–Trinajstić information content (AvgIpc) is 2.29. The highest BCUT2D eigenvalue weighted by atomic mass is 16.5. The highest BCUT2D eigenvalue weighted by Crippen LogP contribution is 2.12. The number of benzene rings is 1. The minimum Gasteiger partial charge on any atom is -0.497 e. The second-order valence-corrected chi connectivity index (χ2v) is 3.43.